The van der Waals surface area contributed by atoms with Crippen molar-refractivity contribution in [1.82, 2.24) is 10.6 Å². The van der Waals surface area contributed by atoms with Crippen LogP contribution < -0.4 is 10.6 Å². The number of nitrogens with one attached hydrogen (secondary N) is 2. The Balaban J connectivity index is 2.04. The summed E-state index contributed by atoms with van der Waals surface area (Å²) in [5, 5.41) is 5.93. The van der Waals surface area contributed by atoms with E-state index >= 15 is 0 Å². The largest absolute Gasteiger partial charge is 0.468 e. The monoisotopic (exact) mass is 240 g/mol. The standard InChI is InChI=1S/C12H20N2O3/c1-10-4-7-17-11(10)9-13-5-3-12(15)14-6-8-16-2/h4,7,13H,3,5-6,8-9H2,1-2H3,(H,14,15). The van der Waals surface area contributed by atoms with Crippen LogP contribution in [0.25, 0.3) is 0 Å². The summed E-state index contributed by atoms with van der Waals surface area (Å²) >= 11 is 0. The van der Waals surface area contributed by atoms with Crippen molar-refractivity contribution in [2.45, 2.75) is 19.9 Å². The van der Waals surface area contributed by atoms with Gasteiger partial charge in [-0.2, -0.15) is 0 Å². The molecular weight excluding hydrogens is 220 g/mol. The molecule has 0 radical (unpaired) electrons. The zero-order valence-electron chi connectivity index (χ0n) is 10.4. The minimum absolute atomic E-state index is 0.0331. The van der Waals surface area contributed by atoms with Crippen molar-refractivity contribution in [2.75, 3.05) is 26.8 Å². The predicted molar refractivity (Wildman–Crippen MR) is 64.7 cm³/mol. The van der Waals surface area contributed by atoms with Crippen LogP contribution in [0.2, 0.25) is 0 Å². The number of aryl methyl sites for hydroxylation is 1. The van der Waals surface area contributed by atoms with Gasteiger partial charge in [0.2, 0.25) is 5.91 Å². The van der Waals surface area contributed by atoms with Gasteiger partial charge in [0, 0.05) is 26.6 Å². The summed E-state index contributed by atoms with van der Waals surface area (Å²) in [5.74, 6) is 0.954. The Labute approximate surface area is 102 Å². The molecule has 0 aliphatic rings. The van der Waals surface area contributed by atoms with E-state index < -0.39 is 0 Å². The molecule has 96 valence electrons. The second kappa shape index (κ2) is 7.86. The normalized spacial score (nSPS) is 10.5. The number of rotatable bonds is 8. The van der Waals surface area contributed by atoms with Crippen molar-refractivity contribution in [3.05, 3.63) is 23.7 Å². The summed E-state index contributed by atoms with van der Waals surface area (Å²) < 4.78 is 10.1. The first kappa shape index (κ1) is 13.7. The molecule has 17 heavy (non-hydrogen) atoms. The maximum Gasteiger partial charge on any atom is 0.221 e. The van der Waals surface area contributed by atoms with E-state index in [0.29, 0.717) is 32.7 Å². The first-order valence-electron chi connectivity index (χ1n) is 5.73. The van der Waals surface area contributed by atoms with Gasteiger partial charge in [0.1, 0.15) is 5.76 Å². The third-order valence-corrected chi connectivity index (χ3v) is 2.41. The molecule has 5 nitrogen and oxygen atoms in total. The van der Waals surface area contributed by atoms with Gasteiger partial charge in [0.25, 0.3) is 0 Å². The Morgan fingerprint density at radius 3 is 2.94 bits per heavy atom. The van der Waals surface area contributed by atoms with E-state index in [2.05, 4.69) is 10.6 Å². The molecule has 0 bridgehead atoms. The van der Waals surface area contributed by atoms with Crippen LogP contribution in [0.1, 0.15) is 17.7 Å². The van der Waals surface area contributed by atoms with Crippen LogP contribution >= 0.6 is 0 Å². The van der Waals surface area contributed by atoms with Gasteiger partial charge in [-0.3, -0.25) is 4.79 Å². The fourth-order valence-corrected chi connectivity index (χ4v) is 1.37. The Hall–Kier alpha value is -1.33. The number of hydrogen-bond donors (Lipinski definition) is 2. The van der Waals surface area contributed by atoms with Gasteiger partial charge in [-0.25, -0.2) is 0 Å². The molecule has 0 fully saturated rings. The van der Waals surface area contributed by atoms with Gasteiger partial charge in [-0.15, -0.1) is 0 Å². The number of carbonyl (C=O) groups excluding carboxylic acids is 1. The molecule has 0 saturated heterocycles. The summed E-state index contributed by atoms with van der Waals surface area (Å²) in [4.78, 5) is 11.3. The van der Waals surface area contributed by atoms with Crippen molar-refractivity contribution < 1.29 is 13.9 Å². The van der Waals surface area contributed by atoms with Gasteiger partial charge in [-0.05, 0) is 18.6 Å². The number of furan rings is 1. The van der Waals surface area contributed by atoms with Crippen molar-refractivity contribution in [3.63, 3.8) is 0 Å². The maximum atomic E-state index is 11.3. The van der Waals surface area contributed by atoms with Gasteiger partial charge in [0.05, 0.1) is 19.4 Å². The third-order valence-electron chi connectivity index (χ3n) is 2.41. The second-order valence-electron chi connectivity index (χ2n) is 3.80. The zero-order valence-corrected chi connectivity index (χ0v) is 10.4. The summed E-state index contributed by atoms with van der Waals surface area (Å²) in [6, 6.07) is 1.93. The molecular formula is C12H20N2O3. The van der Waals surface area contributed by atoms with Crippen molar-refractivity contribution in [1.29, 1.82) is 0 Å². The third kappa shape index (κ3) is 5.51. The Morgan fingerprint density at radius 1 is 1.47 bits per heavy atom. The molecule has 1 amide bonds. The lowest BCUT2D eigenvalue weighted by Gasteiger charge is -2.05. The van der Waals surface area contributed by atoms with Crippen LogP contribution in [0.5, 0.6) is 0 Å². The number of ether oxygens (including phenoxy) is 1. The van der Waals surface area contributed by atoms with E-state index in [4.69, 9.17) is 9.15 Å². The quantitative estimate of drug-likeness (QED) is 0.661. The lowest BCUT2D eigenvalue weighted by Crippen LogP contribution is -2.29. The zero-order chi connectivity index (χ0) is 12.5. The van der Waals surface area contributed by atoms with Gasteiger partial charge >= 0.3 is 0 Å². The predicted octanol–water partition coefficient (Wildman–Crippen LogP) is 0.830. The summed E-state index contributed by atoms with van der Waals surface area (Å²) in [6.45, 7) is 4.40. The van der Waals surface area contributed by atoms with Crippen molar-refractivity contribution in [3.8, 4) is 0 Å². The molecule has 1 rings (SSSR count). The minimum Gasteiger partial charge on any atom is -0.468 e. The molecule has 0 aliphatic heterocycles. The molecule has 0 unspecified atom stereocenters. The number of hydrogen-bond acceptors (Lipinski definition) is 4. The first-order valence-corrected chi connectivity index (χ1v) is 5.73. The SMILES string of the molecule is COCCNC(=O)CCNCc1occc1C. The minimum atomic E-state index is 0.0331. The van der Waals surface area contributed by atoms with Gasteiger partial charge < -0.3 is 19.8 Å². The van der Waals surface area contributed by atoms with E-state index in [1.165, 1.54) is 0 Å². The fourth-order valence-electron chi connectivity index (χ4n) is 1.37. The average Bonchev–Trinajstić information content (AvgIpc) is 2.71. The van der Waals surface area contributed by atoms with Crippen molar-refractivity contribution >= 4 is 5.91 Å². The lowest BCUT2D eigenvalue weighted by atomic mass is 10.3. The van der Waals surface area contributed by atoms with Gasteiger partial charge in [0.15, 0.2) is 0 Å². The van der Waals surface area contributed by atoms with E-state index in [9.17, 15) is 4.79 Å². The average molecular weight is 240 g/mol. The second-order valence-corrected chi connectivity index (χ2v) is 3.80. The Bertz CT molecular complexity index is 336. The van der Waals surface area contributed by atoms with E-state index in [0.717, 1.165) is 11.3 Å². The lowest BCUT2D eigenvalue weighted by molar-refractivity contribution is -0.121. The fraction of sp³-hybridized carbons (Fsp3) is 0.583. The molecule has 1 aromatic heterocycles. The Kier molecular flexibility index (Phi) is 6.35. The molecule has 0 atom stereocenters. The van der Waals surface area contributed by atoms with Crippen LogP contribution in [0.15, 0.2) is 16.7 Å². The highest BCUT2D eigenvalue weighted by Crippen LogP contribution is 2.07. The van der Waals surface area contributed by atoms with Crippen LogP contribution in [0.3, 0.4) is 0 Å². The molecule has 2 N–H and O–H groups in total. The summed E-state index contributed by atoms with van der Waals surface area (Å²) in [5.41, 5.74) is 1.13. The number of carbonyl (C=O) groups is 1. The van der Waals surface area contributed by atoms with Crippen LogP contribution in [0, 0.1) is 6.92 Å². The molecule has 1 aromatic rings. The topological polar surface area (TPSA) is 63.5 Å². The van der Waals surface area contributed by atoms with Crippen LogP contribution in [0.4, 0.5) is 0 Å². The summed E-state index contributed by atoms with van der Waals surface area (Å²) in [6.07, 6.45) is 2.13. The molecule has 0 spiro atoms. The highest BCUT2D eigenvalue weighted by Gasteiger charge is 2.02. The molecule has 0 saturated carbocycles. The molecule has 5 heteroatoms. The summed E-state index contributed by atoms with van der Waals surface area (Å²) in [7, 11) is 1.61. The van der Waals surface area contributed by atoms with E-state index in [1.54, 1.807) is 13.4 Å². The first-order chi connectivity index (χ1) is 8.24. The highest BCUT2D eigenvalue weighted by atomic mass is 16.5. The van der Waals surface area contributed by atoms with Crippen LogP contribution in [-0.2, 0) is 16.1 Å². The maximum absolute atomic E-state index is 11.3. The Morgan fingerprint density at radius 2 is 2.29 bits per heavy atom. The number of methoxy groups -OCH3 is 1. The van der Waals surface area contributed by atoms with Gasteiger partial charge in [-0.1, -0.05) is 0 Å². The smallest absolute Gasteiger partial charge is 0.221 e. The van der Waals surface area contributed by atoms with Crippen molar-refractivity contribution in [2.24, 2.45) is 0 Å². The molecule has 0 aliphatic carbocycles. The molecule has 0 aromatic carbocycles. The number of amides is 1. The van der Waals surface area contributed by atoms with E-state index in [-0.39, 0.29) is 5.91 Å². The highest BCUT2D eigenvalue weighted by molar-refractivity contribution is 5.75. The molecule has 1 heterocycles. The van der Waals surface area contributed by atoms with E-state index in [1.807, 2.05) is 13.0 Å². The van der Waals surface area contributed by atoms with Crippen LogP contribution in [-0.4, -0.2) is 32.7 Å².